The molecule has 5 heteroatoms. The summed E-state index contributed by atoms with van der Waals surface area (Å²) in [6, 6.07) is 20.2. The molecule has 4 unspecified atom stereocenters. The van der Waals surface area contributed by atoms with E-state index in [4.69, 9.17) is 23.7 Å². The Morgan fingerprint density at radius 2 is 1.07 bits per heavy atom. The Morgan fingerprint density at radius 3 is 1.48 bits per heavy atom. The van der Waals surface area contributed by atoms with Crippen molar-refractivity contribution >= 4 is 0 Å². The monoisotopic (exact) mass is 398 g/mol. The van der Waals surface area contributed by atoms with Gasteiger partial charge in [-0.3, -0.25) is 0 Å². The van der Waals surface area contributed by atoms with E-state index in [-0.39, 0.29) is 12.2 Å². The smallest absolute Gasteiger partial charge is 0.200 e. The summed E-state index contributed by atoms with van der Waals surface area (Å²) in [6.07, 6.45) is 1.13. The average molecular weight is 398 g/mol. The Balaban J connectivity index is 1.80. The Kier molecular flexibility index (Phi) is 6.32. The number of hydrogen-bond donors (Lipinski definition) is 0. The first kappa shape index (κ1) is 20.5. The lowest BCUT2D eigenvalue weighted by Gasteiger charge is -2.43. The third-order valence-electron chi connectivity index (χ3n) is 5.51. The highest BCUT2D eigenvalue weighted by Crippen LogP contribution is 2.45. The van der Waals surface area contributed by atoms with Crippen LogP contribution in [0.25, 0.3) is 0 Å². The molecular formula is C24H30O5. The van der Waals surface area contributed by atoms with Crippen LogP contribution in [0, 0.1) is 0 Å². The molecule has 0 saturated carbocycles. The molecular weight excluding hydrogens is 368 g/mol. The summed E-state index contributed by atoms with van der Waals surface area (Å²) < 4.78 is 31.6. The van der Waals surface area contributed by atoms with Gasteiger partial charge in [0.05, 0.1) is 38.6 Å². The van der Waals surface area contributed by atoms with Crippen molar-refractivity contribution in [3.63, 3.8) is 0 Å². The second-order valence-corrected chi connectivity index (χ2v) is 7.81. The molecule has 2 saturated heterocycles. The molecule has 0 radical (unpaired) electrons. The predicted molar refractivity (Wildman–Crippen MR) is 109 cm³/mol. The summed E-state index contributed by atoms with van der Waals surface area (Å²) in [5, 5.41) is 0. The topological polar surface area (TPSA) is 46.2 Å². The van der Waals surface area contributed by atoms with Crippen LogP contribution in [0.15, 0.2) is 60.7 Å². The minimum atomic E-state index is -0.975. The van der Waals surface area contributed by atoms with E-state index >= 15 is 0 Å². The molecule has 0 spiro atoms. The van der Waals surface area contributed by atoms with E-state index in [2.05, 4.69) is 13.8 Å². The van der Waals surface area contributed by atoms with Gasteiger partial charge >= 0.3 is 0 Å². The molecule has 2 heterocycles. The molecule has 0 bridgehead atoms. The maximum Gasteiger partial charge on any atom is 0.200 e. The Labute approximate surface area is 172 Å². The lowest BCUT2D eigenvalue weighted by atomic mass is 9.95. The summed E-state index contributed by atoms with van der Waals surface area (Å²) in [6.45, 7) is 6.11. The van der Waals surface area contributed by atoms with E-state index in [9.17, 15) is 0 Å². The summed E-state index contributed by atoms with van der Waals surface area (Å²) >= 11 is 0. The molecule has 2 aromatic rings. The normalized spacial score (nSPS) is 33.6. The second-order valence-electron chi connectivity index (χ2n) is 7.81. The van der Waals surface area contributed by atoms with E-state index in [0.29, 0.717) is 39.3 Å². The SMILES string of the molecule is CC1CC(OC2(c3ccccc3)CC(C)OCCO2)(c2ccccc2)OCCO1. The predicted octanol–water partition coefficient (Wildman–Crippen LogP) is 4.36. The van der Waals surface area contributed by atoms with Crippen LogP contribution in [0.4, 0.5) is 0 Å². The highest BCUT2D eigenvalue weighted by atomic mass is 16.8. The minimum absolute atomic E-state index is 0.00928. The molecule has 4 rings (SSSR count). The maximum atomic E-state index is 6.98. The summed E-state index contributed by atoms with van der Waals surface area (Å²) in [4.78, 5) is 0. The van der Waals surface area contributed by atoms with Crippen LogP contribution >= 0.6 is 0 Å². The molecule has 0 N–H and O–H groups in total. The Morgan fingerprint density at radius 1 is 0.655 bits per heavy atom. The number of rotatable bonds is 4. The second kappa shape index (κ2) is 8.94. The minimum Gasteiger partial charge on any atom is -0.376 e. The van der Waals surface area contributed by atoms with Gasteiger partial charge in [-0.05, 0) is 13.8 Å². The first-order chi connectivity index (χ1) is 14.1. The molecule has 2 fully saturated rings. The van der Waals surface area contributed by atoms with Crippen molar-refractivity contribution < 1.29 is 23.7 Å². The van der Waals surface area contributed by atoms with Gasteiger partial charge in [0.15, 0.2) is 0 Å². The average Bonchev–Trinajstić information content (AvgIpc) is 3.05. The van der Waals surface area contributed by atoms with Crippen molar-refractivity contribution in [1.82, 2.24) is 0 Å². The van der Waals surface area contributed by atoms with Crippen LogP contribution < -0.4 is 0 Å². The van der Waals surface area contributed by atoms with Crippen LogP contribution in [0.3, 0.4) is 0 Å². The van der Waals surface area contributed by atoms with Gasteiger partial charge in [0.25, 0.3) is 0 Å². The van der Waals surface area contributed by atoms with Gasteiger partial charge in [0, 0.05) is 24.0 Å². The van der Waals surface area contributed by atoms with Crippen LogP contribution in [-0.2, 0) is 35.3 Å². The van der Waals surface area contributed by atoms with Crippen molar-refractivity contribution in [3.05, 3.63) is 71.8 Å². The summed E-state index contributed by atoms with van der Waals surface area (Å²) in [5.74, 6) is -1.95. The van der Waals surface area contributed by atoms with Crippen molar-refractivity contribution in [2.45, 2.75) is 50.5 Å². The maximum absolute atomic E-state index is 6.98. The fraction of sp³-hybridized carbons (Fsp3) is 0.500. The molecule has 4 atom stereocenters. The van der Waals surface area contributed by atoms with Gasteiger partial charge in [0.2, 0.25) is 11.6 Å². The van der Waals surface area contributed by atoms with Crippen LogP contribution in [-0.4, -0.2) is 38.6 Å². The standard InChI is InChI=1S/C24H30O5/c1-19-17-23(27-15-13-25-19,21-9-5-3-6-10-21)29-24(22-11-7-4-8-12-22)18-20(2)26-14-16-28-24/h3-12,19-20H,13-18H2,1-2H3. The van der Waals surface area contributed by atoms with Crippen molar-refractivity contribution in [2.24, 2.45) is 0 Å². The number of hydrogen-bond acceptors (Lipinski definition) is 5. The van der Waals surface area contributed by atoms with E-state index < -0.39 is 11.6 Å². The van der Waals surface area contributed by atoms with E-state index in [1.165, 1.54) is 0 Å². The van der Waals surface area contributed by atoms with Crippen molar-refractivity contribution in [1.29, 1.82) is 0 Å². The van der Waals surface area contributed by atoms with Gasteiger partial charge in [-0.1, -0.05) is 60.7 Å². The first-order valence-electron chi connectivity index (χ1n) is 10.4. The van der Waals surface area contributed by atoms with E-state index in [0.717, 1.165) is 11.1 Å². The molecule has 29 heavy (non-hydrogen) atoms. The van der Waals surface area contributed by atoms with Crippen molar-refractivity contribution in [2.75, 3.05) is 26.4 Å². The highest BCUT2D eigenvalue weighted by Gasteiger charge is 2.49. The van der Waals surface area contributed by atoms with Crippen LogP contribution in [0.2, 0.25) is 0 Å². The molecule has 2 aromatic carbocycles. The Bertz CT molecular complexity index is 702. The summed E-state index contributed by atoms with van der Waals surface area (Å²) in [5.41, 5.74) is 1.93. The third-order valence-corrected chi connectivity index (χ3v) is 5.51. The number of benzene rings is 2. The largest absolute Gasteiger partial charge is 0.376 e. The molecule has 0 amide bonds. The Hall–Kier alpha value is -1.76. The zero-order valence-electron chi connectivity index (χ0n) is 17.2. The van der Waals surface area contributed by atoms with E-state index in [1.807, 2.05) is 60.7 Å². The third kappa shape index (κ3) is 4.55. The molecule has 5 nitrogen and oxygen atoms in total. The molecule has 2 aliphatic heterocycles. The zero-order chi connectivity index (χ0) is 20.2. The summed E-state index contributed by atoms with van der Waals surface area (Å²) in [7, 11) is 0. The van der Waals surface area contributed by atoms with Gasteiger partial charge < -0.3 is 23.7 Å². The fourth-order valence-corrected chi connectivity index (χ4v) is 4.22. The highest BCUT2D eigenvalue weighted by molar-refractivity contribution is 5.24. The molecule has 156 valence electrons. The molecule has 2 aliphatic rings. The lowest BCUT2D eigenvalue weighted by molar-refractivity contribution is -0.377. The van der Waals surface area contributed by atoms with Gasteiger partial charge in [-0.15, -0.1) is 0 Å². The zero-order valence-corrected chi connectivity index (χ0v) is 17.2. The molecule has 0 aromatic heterocycles. The van der Waals surface area contributed by atoms with Gasteiger partial charge in [-0.25, -0.2) is 0 Å². The fourth-order valence-electron chi connectivity index (χ4n) is 4.22. The van der Waals surface area contributed by atoms with E-state index in [1.54, 1.807) is 0 Å². The van der Waals surface area contributed by atoms with Crippen molar-refractivity contribution in [3.8, 4) is 0 Å². The van der Waals surface area contributed by atoms with Crippen LogP contribution in [0.1, 0.15) is 37.8 Å². The van der Waals surface area contributed by atoms with Gasteiger partial charge in [-0.2, -0.15) is 0 Å². The first-order valence-corrected chi connectivity index (χ1v) is 10.4. The number of ether oxygens (including phenoxy) is 5. The lowest BCUT2D eigenvalue weighted by Crippen LogP contribution is -2.46. The molecule has 0 aliphatic carbocycles. The van der Waals surface area contributed by atoms with Crippen LogP contribution in [0.5, 0.6) is 0 Å². The quantitative estimate of drug-likeness (QED) is 0.766. The van der Waals surface area contributed by atoms with Gasteiger partial charge in [0.1, 0.15) is 0 Å².